The van der Waals surface area contributed by atoms with Crippen molar-refractivity contribution < 1.29 is 21.6 Å². The Bertz CT molecular complexity index is 551. The van der Waals surface area contributed by atoms with E-state index in [1.165, 1.54) is 12.1 Å². The van der Waals surface area contributed by atoms with Crippen LogP contribution >= 0.6 is 0 Å². The maximum absolute atomic E-state index is 12.4. The van der Waals surface area contributed by atoms with Gasteiger partial charge in [-0.1, -0.05) is 0 Å². The minimum absolute atomic E-state index is 0.242. The fourth-order valence-corrected chi connectivity index (χ4v) is 2.71. The van der Waals surface area contributed by atoms with Crippen LogP contribution < -0.4 is 10.0 Å². The molecule has 0 saturated carbocycles. The third-order valence-corrected chi connectivity index (χ3v) is 3.33. The van der Waals surface area contributed by atoms with Crippen molar-refractivity contribution in [1.82, 2.24) is 4.72 Å². The van der Waals surface area contributed by atoms with E-state index in [0.717, 1.165) is 18.4 Å². The molecule has 0 spiro atoms. The fourth-order valence-electron chi connectivity index (χ4n) is 1.64. The highest BCUT2D eigenvalue weighted by Crippen LogP contribution is 2.29. The van der Waals surface area contributed by atoms with Gasteiger partial charge >= 0.3 is 6.18 Å². The topological polar surface area (TPSA) is 58.2 Å². The summed E-state index contributed by atoms with van der Waals surface area (Å²) in [7, 11) is -3.35. The zero-order chi connectivity index (χ0) is 15.6. The Morgan fingerprint density at radius 3 is 2.00 bits per heavy atom. The number of nitrogens with one attached hydrogen (secondary N) is 2. The molecule has 0 radical (unpaired) electrons. The standard InChI is InChI=1S/C12H17F3N2O2S/c1-11(2,17-20(3,18)19)8-16-10-6-4-9(5-7-10)12(13,14)15/h4-7,16-17H,8H2,1-3H3. The summed E-state index contributed by atoms with van der Waals surface area (Å²) < 4.78 is 61.9. The third-order valence-electron chi connectivity index (χ3n) is 2.41. The van der Waals surface area contributed by atoms with Crippen LogP contribution in [-0.2, 0) is 16.2 Å². The lowest BCUT2D eigenvalue weighted by Gasteiger charge is -2.26. The second-order valence-electron chi connectivity index (χ2n) is 5.19. The van der Waals surface area contributed by atoms with Crippen LogP contribution in [-0.4, -0.2) is 26.8 Å². The van der Waals surface area contributed by atoms with Gasteiger partial charge in [0.15, 0.2) is 0 Å². The van der Waals surface area contributed by atoms with Gasteiger partial charge in [0.1, 0.15) is 0 Å². The Labute approximate surface area is 116 Å². The van der Waals surface area contributed by atoms with Gasteiger partial charge in [-0.15, -0.1) is 0 Å². The summed E-state index contributed by atoms with van der Waals surface area (Å²) >= 11 is 0. The monoisotopic (exact) mass is 310 g/mol. The number of anilines is 1. The van der Waals surface area contributed by atoms with Crippen LogP contribution in [0.5, 0.6) is 0 Å². The van der Waals surface area contributed by atoms with E-state index in [0.29, 0.717) is 5.69 Å². The summed E-state index contributed by atoms with van der Waals surface area (Å²) in [6.07, 6.45) is -3.32. The van der Waals surface area contributed by atoms with Crippen molar-refractivity contribution in [3.8, 4) is 0 Å². The first-order valence-electron chi connectivity index (χ1n) is 5.79. The van der Waals surface area contributed by atoms with E-state index in [2.05, 4.69) is 10.0 Å². The molecule has 0 aliphatic rings. The lowest BCUT2D eigenvalue weighted by atomic mass is 10.1. The van der Waals surface area contributed by atoms with Crippen molar-refractivity contribution in [2.45, 2.75) is 25.6 Å². The van der Waals surface area contributed by atoms with Crippen LogP contribution in [0.1, 0.15) is 19.4 Å². The summed E-state index contributed by atoms with van der Waals surface area (Å²) in [5, 5.41) is 2.89. The van der Waals surface area contributed by atoms with Crippen LogP contribution in [0, 0.1) is 0 Å². The lowest BCUT2D eigenvalue weighted by molar-refractivity contribution is -0.137. The van der Waals surface area contributed by atoms with E-state index in [-0.39, 0.29) is 6.54 Å². The van der Waals surface area contributed by atoms with Crippen molar-refractivity contribution in [3.63, 3.8) is 0 Å². The van der Waals surface area contributed by atoms with Gasteiger partial charge in [0.05, 0.1) is 11.8 Å². The highest BCUT2D eigenvalue weighted by molar-refractivity contribution is 7.88. The average molecular weight is 310 g/mol. The van der Waals surface area contributed by atoms with Gasteiger partial charge in [0.2, 0.25) is 10.0 Å². The molecule has 20 heavy (non-hydrogen) atoms. The molecule has 0 fully saturated rings. The van der Waals surface area contributed by atoms with Crippen molar-refractivity contribution in [1.29, 1.82) is 0 Å². The highest BCUT2D eigenvalue weighted by atomic mass is 32.2. The molecule has 1 aromatic rings. The molecular weight excluding hydrogens is 293 g/mol. The SMILES string of the molecule is CC(C)(CNc1ccc(C(F)(F)F)cc1)NS(C)(=O)=O. The Kier molecular flexibility index (Phi) is 4.70. The van der Waals surface area contributed by atoms with Gasteiger partial charge in [0, 0.05) is 17.8 Å². The van der Waals surface area contributed by atoms with E-state index in [9.17, 15) is 21.6 Å². The van der Waals surface area contributed by atoms with Crippen molar-refractivity contribution in [2.24, 2.45) is 0 Å². The Balaban J connectivity index is 2.67. The van der Waals surface area contributed by atoms with Gasteiger partial charge in [-0.3, -0.25) is 0 Å². The predicted molar refractivity (Wildman–Crippen MR) is 72.0 cm³/mol. The summed E-state index contributed by atoms with van der Waals surface area (Å²) in [4.78, 5) is 0. The molecular formula is C12H17F3N2O2S. The minimum Gasteiger partial charge on any atom is -0.383 e. The van der Waals surface area contributed by atoms with Crippen molar-refractivity contribution in [2.75, 3.05) is 18.1 Å². The number of alkyl halides is 3. The average Bonchev–Trinajstić information content (AvgIpc) is 2.22. The first-order chi connectivity index (χ1) is 8.89. The Morgan fingerprint density at radius 2 is 1.60 bits per heavy atom. The number of hydrogen-bond donors (Lipinski definition) is 2. The van der Waals surface area contributed by atoms with Crippen molar-refractivity contribution in [3.05, 3.63) is 29.8 Å². The molecule has 0 heterocycles. The zero-order valence-electron chi connectivity index (χ0n) is 11.4. The zero-order valence-corrected chi connectivity index (χ0v) is 12.2. The molecule has 8 heteroatoms. The van der Waals surface area contributed by atoms with Gasteiger partial charge in [0.25, 0.3) is 0 Å². The predicted octanol–water partition coefficient (Wildman–Crippen LogP) is 2.45. The van der Waals surface area contributed by atoms with E-state index in [1.54, 1.807) is 13.8 Å². The molecule has 1 aromatic carbocycles. The number of halogens is 3. The quantitative estimate of drug-likeness (QED) is 0.878. The van der Waals surface area contributed by atoms with Gasteiger partial charge in [-0.2, -0.15) is 13.2 Å². The van der Waals surface area contributed by atoms with E-state index in [4.69, 9.17) is 0 Å². The summed E-state index contributed by atoms with van der Waals surface area (Å²) in [6.45, 7) is 3.59. The van der Waals surface area contributed by atoms with Gasteiger partial charge in [-0.05, 0) is 38.1 Å². The molecule has 0 bridgehead atoms. The number of rotatable bonds is 5. The van der Waals surface area contributed by atoms with E-state index in [1.807, 2.05) is 0 Å². The third kappa shape index (κ3) is 5.79. The molecule has 4 nitrogen and oxygen atoms in total. The molecule has 1 rings (SSSR count). The van der Waals surface area contributed by atoms with Crippen LogP contribution in [0.25, 0.3) is 0 Å². The van der Waals surface area contributed by atoms with Crippen LogP contribution in [0.4, 0.5) is 18.9 Å². The maximum Gasteiger partial charge on any atom is 0.416 e. The molecule has 0 atom stereocenters. The fraction of sp³-hybridized carbons (Fsp3) is 0.500. The largest absolute Gasteiger partial charge is 0.416 e. The number of hydrogen-bond acceptors (Lipinski definition) is 3. The molecule has 0 aliphatic heterocycles. The number of benzene rings is 1. The molecule has 0 aromatic heterocycles. The Hall–Kier alpha value is -1.28. The molecule has 114 valence electrons. The van der Waals surface area contributed by atoms with Crippen LogP contribution in [0.15, 0.2) is 24.3 Å². The van der Waals surface area contributed by atoms with E-state index >= 15 is 0 Å². The molecule has 0 amide bonds. The second-order valence-corrected chi connectivity index (χ2v) is 6.94. The normalized spacial score (nSPS) is 13.3. The molecule has 2 N–H and O–H groups in total. The number of sulfonamides is 1. The Morgan fingerprint density at radius 1 is 1.10 bits per heavy atom. The van der Waals surface area contributed by atoms with Gasteiger partial charge < -0.3 is 5.32 Å². The van der Waals surface area contributed by atoms with Gasteiger partial charge in [-0.25, -0.2) is 13.1 Å². The first kappa shape index (κ1) is 16.8. The molecule has 0 aliphatic carbocycles. The molecule has 0 saturated heterocycles. The van der Waals surface area contributed by atoms with E-state index < -0.39 is 27.3 Å². The van der Waals surface area contributed by atoms with Crippen LogP contribution in [0.3, 0.4) is 0 Å². The molecule has 0 unspecified atom stereocenters. The second kappa shape index (κ2) is 5.61. The summed E-state index contributed by atoms with van der Waals surface area (Å²) in [5.41, 5.74) is -0.992. The smallest absolute Gasteiger partial charge is 0.383 e. The van der Waals surface area contributed by atoms with Crippen LogP contribution in [0.2, 0.25) is 0 Å². The first-order valence-corrected chi connectivity index (χ1v) is 7.68. The minimum atomic E-state index is -4.37. The maximum atomic E-state index is 12.4. The highest BCUT2D eigenvalue weighted by Gasteiger charge is 2.30. The van der Waals surface area contributed by atoms with Crippen molar-refractivity contribution >= 4 is 15.7 Å². The summed E-state index contributed by atoms with van der Waals surface area (Å²) in [5.74, 6) is 0. The summed E-state index contributed by atoms with van der Waals surface area (Å²) in [6, 6.07) is 4.55. The lowest BCUT2D eigenvalue weighted by Crippen LogP contribution is -2.47.